The molecular weight excluding hydrogens is 334 g/mol. The first-order valence-corrected chi connectivity index (χ1v) is 8.73. The Bertz CT molecular complexity index is 722. The molecule has 1 aromatic heterocycles. The van der Waals surface area contributed by atoms with Crippen LogP contribution in [0.4, 0.5) is 4.79 Å². The number of hydrogen-bond donors (Lipinski definition) is 1. The van der Waals surface area contributed by atoms with E-state index in [0.29, 0.717) is 5.71 Å². The molecule has 23 heavy (non-hydrogen) atoms. The molecule has 3 heterocycles. The topological polar surface area (TPSA) is 78.8 Å². The average Bonchev–Trinajstić information content (AvgIpc) is 3.19. The lowest BCUT2D eigenvalue weighted by Gasteiger charge is -2.25. The summed E-state index contributed by atoms with van der Waals surface area (Å²) in [5.41, 5.74) is 0.504. The zero-order chi connectivity index (χ0) is 16.2. The van der Waals surface area contributed by atoms with Gasteiger partial charge in [0.05, 0.1) is 5.71 Å². The van der Waals surface area contributed by atoms with Gasteiger partial charge in [0.1, 0.15) is 5.25 Å². The number of aliphatic imine (C=N–C) groups is 1. The van der Waals surface area contributed by atoms with E-state index in [1.165, 1.54) is 29.2 Å². The minimum Gasteiger partial charge on any atom is -0.351 e. The summed E-state index contributed by atoms with van der Waals surface area (Å²) in [6.07, 6.45) is 4.83. The van der Waals surface area contributed by atoms with Gasteiger partial charge >= 0.3 is 6.03 Å². The molecule has 0 bridgehead atoms. The molecule has 0 spiro atoms. The smallest absolute Gasteiger partial charge is 0.350 e. The fourth-order valence-electron chi connectivity index (χ4n) is 2.13. The molecule has 0 saturated heterocycles. The normalized spacial score (nSPS) is 20.1. The summed E-state index contributed by atoms with van der Waals surface area (Å²) in [6.45, 7) is 0.310. The molecule has 3 rings (SSSR count). The highest BCUT2D eigenvalue weighted by atomic mass is 32.2. The van der Waals surface area contributed by atoms with Gasteiger partial charge in [-0.25, -0.2) is 4.79 Å². The largest absolute Gasteiger partial charge is 0.351 e. The monoisotopic (exact) mass is 347 g/mol. The van der Waals surface area contributed by atoms with E-state index in [1.54, 1.807) is 17.6 Å². The van der Waals surface area contributed by atoms with Gasteiger partial charge in [-0.1, -0.05) is 6.07 Å². The number of nitrogens with zero attached hydrogens (tertiary/aromatic N) is 2. The lowest BCUT2D eigenvalue weighted by atomic mass is 10.2. The fourth-order valence-corrected chi connectivity index (χ4v) is 3.64. The molecule has 1 aromatic rings. The molecule has 2 aliphatic heterocycles. The van der Waals surface area contributed by atoms with E-state index in [1.807, 2.05) is 17.5 Å². The number of nitrogens with one attached hydrogen (secondary N) is 1. The number of allylic oxidation sites excluding steroid dienone is 1. The molecule has 1 N–H and O–H groups in total. The van der Waals surface area contributed by atoms with Gasteiger partial charge < -0.3 is 5.32 Å². The van der Waals surface area contributed by atoms with Crippen molar-refractivity contribution in [3.05, 3.63) is 40.0 Å². The standard InChI is InChI=1S/C15H13N3O3S2/c19-12(4-3-10-2-1-8-22-10)16-6-7-18-14(20)13-11(5-9-23-13)17-15(18)21/h1-5,8-9,13H,6-7H2,(H,16,19)/b4-3+. The molecule has 1 unspecified atom stereocenters. The van der Waals surface area contributed by atoms with Gasteiger partial charge in [-0.3, -0.25) is 14.5 Å². The Hall–Kier alpha value is -2.19. The van der Waals surface area contributed by atoms with Gasteiger partial charge in [0, 0.05) is 24.0 Å². The van der Waals surface area contributed by atoms with E-state index in [-0.39, 0.29) is 24.9 Å². The van der Waals surface area contributed by atoms with Gasteiger partial charge in [0.2, 0.25) is 11.8 Å². The maximum absolute atomic E-state index is 12.2. The van der Waals surface area contributed by atoms with Crippen molar-refractivity contribution >= 4 is 52.7 Å². The van der Waals surface area contributed by atoms with Crippen LogP contribution >= 0.6 is 23.1 Å². The van der Waals surface area contributed by atoms with E-state index in [0.717, 1.165) is 9.78 Å². The van der Waals surface area contributed by atoms with Gasteiger partial charge in [-0.05, 0) is 29.0 Å². The summed E-state index contributed by atoms with van der Waals surface area (Å²) >= 11 is 2.87. The molecule has 1 atom stereocenters. The Balaban J connectivity index is 1.50. The van der Waals surface area contributed by atoms with Crippen molar-refractivity contribution in [3.8, 4) is 0 Å². The highest BCUT2D eigenvalue weighted by Gasteiger charge is 2.38. The first-order valence-electron chi connectivity index (χ1n) is 6.90. The zero-order valence-corrected chi connectivity index (χ0v) is 13.6. The van der Waals surface area contributed by atoms with Gasteiger partial charge in [0.25, 0.3) is 0 Å². The van der Waals surface area contributed by atoms with E-state index >= 15 is 0 Å². The maximum Gasteiger partial charge on any atom is 0.350 e. The van der Waals surface area contributed by atoms with Crippen LogP contribution in [0, 0.1) is 0 Å². The number of hydrogen-bond acceptors (Lipinski definition) is 5. The maximum atomic E-state index is 12.2. The second-order valence-electron chi connectivity index (χ2n) is 4.77. The number of fused-ring (bicyclic) bond motifs is 1. The quantitative estimate of drug-likeness (QED) is 0.825. The lowest BCUT2D eigenvalue weighted by molar-refractivity contribution is -0.127. The molecule has 0 aromatic carbocycles. The zero-order valence-electron chi connectivity index (χ0n) is 12.0. The highest BCUT2D eigenvalue weighted by molar-refractivity contribution is 8.04. The number of imide groups is 1. The van der Waals surface area contributed by atoms with E-state index in [9.17, 15) is 14.4 Å². The predicted octanol–water partition coefficient (Wildman–Crippen LogP) is 1.91. The number of carbonyl (C=O) groups excluding carboxylic acids is 3. The predicted molar refractivity (Wildman–Crippen MR) is 91.4 cm³/mol. The van der Waals surface area contributed by atoms with Crippen molar-refractivity contribution in [2.24, 2.45) is 4.99 Å². The van der Waals surface area contributed by atoms with Crippen molar-refractivity contribution in [3.63, 3.8) is 0 Å². The summed E-state index contributed by atoms with van der Waals surface area (Å²) < 4.78 is 0. The second-order valence-corrected chi connectivity index (χ2v) is 6.76. The molecule has 0 radical (unpaired) electrons. The van der Waals surface area contributed by atoms with Crippen LogP contribution in [0.25, 0.3) is 6.08 Å². The minimum absolute atomic E-state index is 0.115. The summed E-state index contributed by atoms with van der Waals surface area (Å²) in [4.78, 5) is 41.7. The van der Waals surface area contributed by atoms with Crippen LogP contribution in [0.2, 0.25) is 0 Å². The van der Waals surface area contributed by atoms with Crippen LogP contribution < -0.4 is 5.32 Å². The lowest BCUT2D eigenvalue weighted by Crippen LogP contribution is -2.49. The number of carbonyl (C=O) groups is 3. The van der Waals surface area contributed by atoms with Crippen molar-refractivity contribution in [1.29, 1.82) is 0 Å². The van der Waals surface area contributed by atoms with E-state index in [2.05, 4.69) is 10.3 Å². The molecule has 4 amide bonds. The van der Waals surface area contributed by atoms with Crippen molar-refractivity contribution < 1.29 is 14.4 Å². The summed E-state index contributed by atoms with van der Waals surface area (Å²) in [5, 5.41) is 5.91. The molecule has 6 nitrogen and oxygen atoms in total. The molecule has 0 aliphatic carbocycles. The van der Waals surface area contributed by atoms with Crippen molar-refractivity contribution in [2.75, 3.05) is 13.1 Å². The average molecular weight is 347 g/mol. The summed E-state index contributed by atoms with van der Waals surface area (Å²) in [7, 11) is 0. The Morgan fingerprint density at radius 3 is 3.09 bits per heavy atom. The minimum atomic E-state index is -0.572. The van der Waals surface area contributed by atoms with Crippen LogP contribution in [0.1, 0.15) is 4.88 Å². The Morgan fingerprint density at radius 2 is 2.30 bits per heavy atom. The molecule has 118 valence electrons. The number of thioether (sulfide) groups is 1. The van der Waals surface area contributed by atoms with Crippen molar-refractivity contribution in [1.82, 2.24) is 10.2 Å². The van der Waals surface area contributed by atoms with Crippen molar-refractivity contribution in [2.45, 2.75) is 5.25 Å². The number of rotatable bonds is 5. The van der Waals surface area contributed by atoms with Gasteiger partial charge in [0.15, 0.2) is 0 Å². The Kier molecular flexibility index (Phi) is 4.73. The number of thiophene rings is 1. The third-order valence-corrected chi connectivity index (χ3v) is 5.09. The highest BCUT2D eigenvalue weighted by Crippen LogP contribution is 2.27. The Labute approximate surface area is 141 Å². The molecule has 8 heteroatoms. The second kappa shape index (κ2) is 6.93. The van der Waals surface area contributed by atoms with Gasteiger partial charge in [-0.15, -0.1) is 23.1 Å². The number of urea groups is 1. The summed E-state index contributed by atoms with van der Waals surface area (Å²) in [5.74, 6) is -0.546. The van der Waals surface area contributed by atoms with Gasteiger partial charge in [-0.2, -0.15) is 4.99 Å². The third kappa shape index (κ3) is 3.59. The SMILES string of the molecule is O=C(/C=C/c1cccs1)NCCN1C(=O)N=C2C=CSC2C1=O. The van der Waals surface area contributed by atoms with Crippen LogP contribution in [0.3, 0.4) is 0 Å². The first kappa shape index (κ1) is 15.7. The Morgan fingerprint density at radius 1 is 1.43 bits per heavy atom. The van der Waals surface area contributed by atoms with Crippen LogP contribution in [0.5, 0.6) is 0 Å². The van der Waals surface area contributed by atoms with E-state index < -0.39 is 11.3 Å². The first-order chi connectivity index (χ1) is 11.1. The van der Waals surface area contributed by atoms with Crippen LogP contribution in [-0.4, -0.2) is 46.8 Å². The molecule has 0 fully saturated rings. The molecule has 2 aliphatic rings. The summed E-state index contributed by atoms with van der Waals surface area (Å²) in [6, 6.07) is 3.24. The fraction of sp³-hybridized carbons (Fsp3) is 0.200. The van der Waals surface area contributed by atoms with Crippen LogP contribution in [0.15, 0.2) is 40.1 Å². The van der Waals surface area contributed by atoms with E-state index in [4.69, 9.17) is 0 Å². The molecular formula is C15H13N3O3S2. The number of amides is 4. The molecule has 0 saturated carbocycles. The van der Waals surface area contributed by atoms with Crippen LogP contribution in [-0.2, 0) is 9.59 Å². The third-order valence-electron chi connectivity index (χ3n) is 3.24.